The Labute approximate surface area is 772 Å². The van der Waals surface area contributed by atoms with E-state index < -0.39 is 35.7 Å². The number of alkyl halides is 2. The number of carboxylic acid groups (broad SMARTS) is 1. The molecular formula is C92H82Cl7F2N11O15S. The van der Waals surface area contributed by atoms with Crippen LogP contribution in [0.3, 0.4) is 0 Å². The van der Waals surface area contributed by atoms with E-state index in [1.54, 1.807) is 49.6 Å². The molecule has 0 radical (unpaired) electrons. The molecule has 0 bridgehead atoms. The maximum absolute atomic E-state index is 13.0. The lowest BCUT2D eigenvalue weighted by Gasteiger charge is -2.34. The number of amides is 3. The minimum atomic E-state index is -2.99. The Balaban J connectivity index is 0.000000145. The molecule has 5 N–H and O–H groups in total. The Hall–Kier alpha value is -11.7. The number of nitrogens with one attached hydrogen (secondary N) is 2. The third-order valence-electron chi connectivity index (χ3n) is 21.0. The summed E-state index contributed by atoms with van der Waals surface area (Å²) < 4.78 is 63.9. The number of methoxy groups -OCH3 is 2. The summed E-state index contributed by atoms with van der Waals surface area (Å²) in [5.74, 6) is 0.394. The van der Waals surface area contributed by atoms with Gasteiger partial charge >= 0.3 is 24.3 Å². The van der Waals surface area contributed by atoms with E-state index in [1.807, 2.05) is 111 Å². The maximum Gasteiger partial charge on any atom is 0.387 e. The number of furan rings is 1. The fourth-order valence-corrected chi connectivity index (χ4v) is 15.9. The number of fused-ring (bicyclic) bond motifs is 3. The molecule has 0 saturated heterocycles. The summed E-state index contributed by atoms with van der Waals surface area (Å²) in [5, 5.41) is 43.2. The number of carbonyl (C=O) groups is 4. The van der Waals surface area contributed by atoms with Gasteiger partial charge in [-0.3, -0.25) is 28.9 Å². The van der Waals surface area contributed by atoms with Crippen molar-refractivity contribution >= 4 is 161 Å². The topological polar surface area (TPSA) is 349 Å². The Kier molecular flexibility index (Phi) is 33.5. The SMILES string of the molecule is CCc1ccc2c(-c3cccc(Cl)c3)nc(=O)n(CC)c2n1.COc1ccc(C2(C#N)CCC(C(=O)O)CC2)cc1OC1CCCC1.COc1ccc2c(Cc3c(Cl)cncc3Cl)nnc(-c3ccccc3)c2c1.CSOOOc1ccc2c(NC(N)=O)c(C(=O)c3ccc(Cl)cc3Cl)oc2c1.O=C(Nc1c(Cl)cncc1Cl)c1ccc(OC(F)F)c(OCC2CC2)c1. The van der Waals surface area contributed by atoms with Crippen molar-refractivity contribution in [2.45, 2.75) is 116 Å². The van der Waals surface area contributed by atoms with Crippen molar-refractivity contribution in [3.63, 3.8) is 0 Å². The van der Waals surface area contributed by atoms with Gasteiger partial charge in [-0.05, 0) is 203 Å². The number of aliphatic carboxylic acids is 1. The van der Waals surface area contributed by atoms with E-state index in [9.17, 15) is 43.1 Å². The zero-order chi connectivity index (χ0) is 91.3. The number of anilines is 2. The molecule has 26 nitrogen and oxygen atoms in total. The molecule has 3 aliphatic carbocycles. The molecule has 6 aromatic heterocycles. The highest BCUT2D eigenvalue weighted by Crippen LogP contribution is 2.46. The highest BCUT2D eigenvalue weighted by Gasteiger charge is 2.40. The molecule has 36 heteroatoms. The number of primary amides is 1. The van der Waals surface area contributed by atoms with E-state index in [1.165, 1.54) is 73.8 Å². The first-order valence-corrected chi connectivity index (χ1v) is 43.8. The number of rotatable bonds is 26. The molecule has 128 heavy (non-hydrogen) atoms. The monoisotopic (exact) mass is 1900 g/mol. The van der Waals surface area contributed by atoms with E-state index in [0.717, 1.165) is 105 Å². The van der Waals surface area contributed by atoms with Gasteiger partial charge in [0.25, 0.3) is 5.91 Å². The van der Waals surface area contributed by atoms with Crippen molar-refractivity contribution in [1.82, 2.24) is 34.7 Å². The van der Waals surface area contributed by atoms with Crippen LogP contribution in [0, 0.1) is 23.2 Å². The number of pyridine rings is 3. The average molecular weight is 1900 g/mol. The second kappa shape index (κ2) is 44.9. The van der Waals surface area contributed by atoms with Crippen molar-refractivity contribution in [1.29, 1.82) is 5.26 Å². The molecule has 0 aliphatic heterocycles. The Morgan fingerprint density at radius 3 is 1.98 bits per heavy atom. The normalized spacial score (nSPS) is 14.6. The largest absolute Gasteiger partial charge is 0.497 e. The van der Waals surface area contributed by atoms with Crippen LogP contribution < -0.4 is 50.6 Å². The van der Waals surface area contributed by atoms with Crippen molar-refractivity contribution in [3.05, 3.63) is 268 Å². The van der Waals surface area contributed by atoms with Gasteiger partial charge in [-0.2, -0.15) is 24.1 Å². The first kappa shape index (κ1) is 95.4. The molecule has 6 heterocycles. The molecule has 3 fully saturated rings. The molecule has 0 spiro atoms. The summed E-state index contributed by atoms with van der Waals surface area (Å²) in [4.78, 5) is 82.0. The van der Waals surface area contributed by atoms with Gasteiger partial charge in [0.15, 0.2) is 34.5 Å². The van der Waals surface area contributed by atoms with Gasteiger partial charge < -0.3 is 54.5 Å². The molecule has 664 valence electrons. The van der Waals surface area contributed by atoms with Crippen LogP contribution in [0.2, 0.25) is 35.2 Å². The number of nitrogens with two attached hydrogens (primary N) is 1. The molecule has 3 saturated carbocycles. The Morgan fingerprint density at radius 1 is 0.664 bits per heavy atom. The van der Waals surface area contributed by atoms with Crippen LogP contribution in [0.15, 0.2) is 192 Å². The predicted octanol–water partition coefficient (Wildman–Crippen LogP) is 23.4. The molecule has 3 amide bonds. The number of ketones is 1. The number of carboxylic acids is 1. The number of aromatic nitrogens is 7. The second-order valence-electron chi connectivity index (χ2n) is 29.3. The fraction of sp³-hybridized carbons (Fsp3) is 0.261. The number of aryl methyl sites for hydroxylation is 2. The van der Waals surface area contributed by atoms with Crippen molar-refractivity contribution in [2.75, 3.05) is 37.7 Å². The molecule has 0 unspecified atom stereocenters. The molecule has 16 rings (SSSR count). The summed E-state index contributed by atoms with van der Waals surface area (Å²) in [7, 11) is 3.27. The van der Waals surface area contributed by atoms with E-state index >= 15 is 0 Å². The molecule has 0 atom stereocenters. The van der Waals surface area contributed by atoms with E-state index in [0.29, 0.717) is 99.5 Å². The molecular weight excluding hydrogens is 1820 g/mol. The van der Waals surface area contributed by atoms with Crippen molar-refractivity contribution in [3.8, 4) is 63.1 Å². The maximum atomic E-state index is 13.0. The van der Waals surface area contributed by atoms with Crippen molar-refractivity contribution in [2.24, 2.45) is 17.6 Å². The summed E-state index contributed by atoms with van der Waals surface area (Å²) in [5.41, 5.74) is 12.6. The third-order valence-corrected chi connectivity index (χ3v) is 23.2. The van der Waals surface area contributed by atoms with E-state index in [-0.39, 0.29) is 83.9 Å². The number of hydrogen-bond acceptors (Lipinski definition) is 22. The summed E-state index contributed by atoms with van der Waals surface area (Å²) in [6.45, 7) is 1.89. The second-order valence-corrected chi connectivity index (χ2v) is 32.7. The highest BCUT2D eigenvalue weighted by atomic mass is 35.5. The molecule has 13 aromatic rings. The lowest BCUT2D eigenvalue weighted by molar-refractivity contribution is -0.403. The van der Waals surface area contributed by atoms with E-state index in [4.69, 9.17) is 115 Å². The first-order chi connectivity index (χ1) is 61.7. The minimum Gasteiger partial charge on any atom is -0.497 e. The zero-order valence-corrected chi connectivity index (χ0v) is 75.3. The quantitative estimate of drug-likeness (QED) is 0.0129. The van der Waals surface area contributed by atoms with Gasteiger partial charge in [0.05, 0.1) is 86.5 Å². The fourth-order valence-electron chi connectivity index (χ4n) is 14.2. The minimum absolute atomic E-state index is 0.0803. The smallest absolute Gasteiger partial charge is 0.387 e. The number of carbonyl (C=O) groups excluding carboxylic acids is 3. The molecule has 7 aromatic carbocycles. The number of ether oxygens (including phenoxy) is 5. The van der Waals surface area contributed by atoms with Gasteiger partial charge in [-0.1, -0.05) is 137 Å². The molecule has 3 aliphatic rings. The van der Waals surface area contributed by atoms with E-state index in [2.05, 4.69) is 60.9 Å². The number of benzene rings is 7. The highest BCUT2D eigenvalue weighted by molar-refractivity contribution is 7.93. The number of nitriles is 1. The zero-order valence-electron chi connectivity index (χ0n) is 69.2. The lowest BCUT2D eigenvalue weighted by Crippen LogP contribution is -2.33. The van der Waals surface area contributed by atoms with Gasteiger partial charge in [-0.25, -0.2) is 14.6 Å². The van der Waals surface area contributed by atoms with Crippen LogP contribution >= 0.6 is 93.2 Å². The van der Waals surface area contributed by atoms with Crippen molar-refractivity contribution < 1.29 is 75.4 Å². The standard InChI is InChI=1S/C21H15Cl2N3O.C20H25NO4.C17H14Cl2F2N2O3.C17H12Cl2N2O6S.C17H16ClN3O/c1-27-14-7-8-15-16(9-14)21(13-5-3-2-4-6-13)26-25-20(15)10-17-18(22)11-24-12-19(17)23;1-24-17-7-6-15(12-18(17)25-16-4-2-3-5-16)20(13-21)10-8-14(9-11-20)19(22)23;18-11-6-22-7-12(19)15(11)23-16(24)10-3-4-13(26-17(20)21)14(5-10)25-8-9-1-2-9;1-28-27-26-25-9-3-5-11-13(7-9)24-16(14(11)21-17(20)23)15(22)10-4-2-8(18)6-12(10)19;1-3-13-8-9-14-15(11-6-5-7-12(18)10-11)20-17(22)21(4-2)16(14)19-13/h2-9,11-12H,10H2,1H3;6-7,12,14,16H,2-5,8-11H2,1H3,(H,22,23);3-7,9,17H,1-2,8H2,(H,22,23,24);2-7H,1H3,(H3,20,21,23);5-10H,3-4H2,1-2H3. The van der Waals surface area contributed by atoms with Crippen LogP contribution in [0.5, 0.6) is 34.5 Å². The van der Waals surface area contributed by atoms with Gasteiger partial charge in [-0.15, -0.1) is 9.43 Å². The van der Waals surface area contributed by atoms with Crippen LogP contribution in [-0.4, -0.2) is 103 Å². The number of hydrogen-bond donors (Lipinski definition) is 4. The Bertz CT molecular complexity index is 6260. The summed E-state index contributed by atoms with van der Waals surface area (Å²) in [6.07, 6.45) is 17.7. The number of nitrogens with zero attached hydrogens (tertiary/aromatic N) is 8. The summed E-state index contributed by atoms with van der Waals surface area (Å²) in [6, 6.07) is 47.4. The van der Waals surface area contributed by atoms with Crippen LogP contribution in [0.1, 0.15) is 127 Å². The lowest BCUT2D eigenvalue weighted by atomic mass is 9.67. The number of urea groups is 1. The van der Waals surface area contributed by atoms with Gasteiger partial charge in [0.1, 0.15) is 28.4 Å². The van der Waals surface area contributed by atoms with Crippen LogP contribution in [0.4, 0.5) is 25.0 Å². The Morgan fingerprint density at radius 2 is 1.34 bits per heavy atom. The third kappa shape index (κ3) is 24.2. The average Bonchev–Trinajstić information content (AvgIpc) is 1.34. The van der Waals surface area contributed by atoms with Crippen LogP contribution in [-0.2, 0) is 39.0 Å². The summed E-state index contributed by atoms with van der Waals surface area (Å²) >= 11 is 43.5. The van der Waals surface area contributed by atoms with Crippen LogP contribution in [0.25, 0.3) is 55.3 Å². The first-order valence-electron chi connectivity index (χ1n) is 40.0. The number of halogens is 9. The predicted molar refractivity (Wildman–Crippen MR) is 490 cm³/mol. The van der Waals surface area contributed by atoms with Gasteiger partial charge in [0, 0.05) is 122 Å². The van der Waals surface area contributed by atoms with Gasteiger partial charge in [0.2, 0.25) is 5.78 Å².